The summed E-state index contributed by atoms with van der Waals surface area (Å²) in [5.74, 6) is -0.270. The maximum Gasteiger partial charge on any atom is 0.254 e. The zero-order valence-corrected chi connectivity index (χ0v) is 10.5. The third-order valence-corrected chi connectivity index (χ3v) is 2.68. The van der Waals surface area contributed by atoms with E-state index in [9.17, 15) is 9.59 Å². The van der Waals surface area contributed by atoms with Crippen molar-refractivity contribution in [2.45, 2.75) is 6.10 Å². The number of rotatable bonds is 6. The second-order valence-corrected chi connectivity index (χ2v) is 3.93. The van der Waals surface area contributed by atoms with Crippen molar-refractivity contribution in [1.82, 2.24) is 4.90 Å². The summed E-state index contributed by atoms with van der Waals surface area (Å²) in [5.41, 5.74) is 0.704. The number of nitrogens with zero attached hydrogens (tertiary/aromatic N) is 1. The van der Waals surface area contributed by atoms with E-state index in [1.54, 1.807) is 31.3 Å². The fourth-order valence-electron chi connectivity index (χ4n) is 1.60. The van der Waals surface area contributed by atoms with Gasteiger partial charge >= 0.3 is 0 Å². The van der Waals surface area contributed by atoms with E-state index in [1.807, 2.05) is 0 Å². The smallest absolute Gasteiger partial charge is 0.254 e. The molecular formula is C13H17NO4. The Morgan fingerprint density at radius 1 is 1.50 bits per heavy atom. The monoisotopic (exact) mass is 251 g/mol. The first kappa shape index (κ1) is 14.3. The van der Waals surface area contributed by atoms with E-state index in [1.165, 1.54) is 12.0 Å². The Balaban J connectivity index is 2.83. The highest BCUT2D eigenvalue weighted by atomic mass is 16.5. The molecule has 0 aliphatic heterocycles. The molecule has 0 radical (unpaired) electrons. The number of carbonyl (C=O) groups is 2. The summed E-state index contributed by atoms with van der Waals surface area (Å²) in [6, 6.07) is 6.59. The summed E-state index contributed by atoms with van der Waals surface area (Å²) in [6.45, 7) is 0.0997. The minimum Gasteiger partial charge on any atom is -0.394 e. The molecule has 5 nitrogen and oxygen atoms in total. The number of benzene rings is 1. The van der Waals surface area contributed by atoms with Gasteiger partial charge in [0, 0.05) is 26.3 Å². The van der Waals surface area contributed by atoms with Crippen LogP contribution in [0, 0.1) is 0 Å². The summed E-state index contributed by atoms with van der Waals surface area (Å²) in [7, 11) is 3.07. The number of hydrogen-bond acceptors (Lipinski definition) is 4. The number of aliphatic hydroxyl groups is 1. The van der Waals surface area contributed by atoms with Gasteiger partial charge in [0.05, 0.1) is 18.3 Å². The molecule has 18 heavy (non-hydrogen) atoms. The molecule has 0 aliphatic carbocycles. The molecule has 0 fully saturated rings. The van der Waals surface area contributed by atoms with Gasteiger partial charge in [0.1, 0.15) is 0 Å². The lowest BCUT2D eigenvalue weighted by Gasteiger charge is -2.22. The molecule has 5 heteroatoms. The van der Waals surface area contributed by atoms with Gasteiger partial charge in [-0.2, -0.15) is 0 Å². The van der Waals surface area contributed by atoms with Crippen LogP contribution < -0.4 is 0 Å². The molecule has 0 saturated carbocycles. The fourth-order valence-corrected chi connectivity index (χ4v) is 1.60. The van der Waals surface area contributed by atoms with E-state index < -0.39 is 6.10 Å². The number of ether oxygens (including phenoxy) is 1. The van der Waals surface area contributed by atoms with Crippen LogP contribution in [-0.2, 0) is 4.74 Å². The van der Waals surface area contributed by atoms with Crippen molar-refractivity contribution in [2.24, 2.45) is 0 Å². The fraction of sp³-hybridized carbons (Fsp3) is 0.385. The summed E-state index contributed by atoms with van der Waals surface area (Å²) >= 11 is 0. The van der Waals surface area contributed by atoms with E-state index in [-0.39, 0.29) is 19.1 Å². The van der Waals surface area contributed by atoms with Crippen molar-refractivity contribution in [2.75, 3.05) is 27.3 Å². The number of likely N-dealkylation sites (N-methyl/N-ethyl adjacent to an activating group) is 1. The van der Waals surface area contributed by atoms with Crippen LogP contribution in [0.25, 0.3) is 0 Å². The van der Waals surface area contributed by atoms with Crippen molar-refractivity contribution in [3.63, 3.8) is 0 Å². The molecule has 1 aromatic carbocycles. The van der Waals surface area contributed by atoms with Crippen LogP contribution in [0.4, 0.5) is 0 Å². The topological polar surface area (TPSA) is 66.8 Å². The Kier molecular flexibility index (Phi) is 5.48. The quantitative estimate of drug-likeness (QED) is 0.751. The molecule has 0 heterocycles. The molecule has 1 amide bonds. The third kappa shape index (κ3) is 3.38. The molecule has 1 rings (SSSR count). The number of hydrogen-bond donors (Lipinski definition) is 1. The van der Waals surface area contributed by atoms with Gasteiger partial charge in [-0.25, -0.2) is 0 Å². The number of amides is 1. The van der Waals surface area contributed by atoms with Gasteiger partial charge < -0.3 is 14.7 Å². The molecule has 1 aromatic rings. The lowest BCUT2D eigenvalue weighted by Crippen LogP contribution is -2.37. The first-order valence-corrected chi connectivity index (χ1v) is 5.57. The zero-order chi connectivity index (χ0) is 13.5. The summed E-state index contributed by atoms with van der Waals surface area (Å²) in [4.78, 5) is 24.4. The SMILES string of the molecule is COC(CO)CN(C)C(=O)c1ccccc1C=O. The number of methoxy groups -OCH3 is 1. The number of aliphatic hydroxyl groups excluding tert-OH is 1. The van der Waals surface area contributed by atoms with Crippen molar-refractivity contribution >= 4 is 12.2 Å². The Morgan fingerprint density at radius 3 is 2.72 bits per heavy atom. The highest BCUT2D eigenvalue weighted by Crippen LogP contribution is 2.09. The van der Waals surface area contributed by atoms with Gasteiger partial charge in [-0.15, -0.1) is 0 Å². The molecule has 0 aliphatic rings. The van der Waals surface area contributed by atoms with Crippen molar-refractivity contribution in [1.29, 1.82) is 0 Å². The zero-order valence-electron chi connectivity index (χ0n) is 10.5. The van der Waals surface area contributed by atoms with Gasteiger partial charge in [0.15, 0.2) is 6.29 Å². The molecule has 0 spiro atoms. The largest absolute Gasteiger partial charge is 0.394 e. The maximum atomic E-state index is 12.1. The highest BCUT2D eigenvalue weighted by molar-refractivity contribution is 6.01. The van der Waals surface area contributed by atoms with Crippen LogP contribution >= 0.6 is 0 Å². The Bertz CT molecular complexity index is 415. The van der Waals surface area contributed by atoms with Crippen LogP contribution in [-0.4, -0.2) is 55.6 Å². The third-order valence-electron chi connectivity index (χ3n) is 2.68. The van der Waals surface area contributed by atoms with E-state index in [0.717, 1.165) is 0 Å². The minimum absolute atomic E-state index is 0.163. The van der Waals surface area contributed by atoms with E-state index in [0.29, 0.717) is 17.4 Å². The van der Waals surface area contributed by atoms with Gasteiger partial charge in [0.25, 0.3) is 5.91 Å². The van der Waals surface area contributed by atoms with Crippen molar-refractivity contribution in [3.05, 3.63) is 35.4 Å². The second kappa shape index (κ2) is 6.88. The van der Waals surface area contributed by atoms with Gasteiger partial charge in [-0.05, 0) is 6.07 Å². The standard InChI is InChI=1S/C13H17NO4/c1-14(7-11(9-16)18-2)13(17)12-6-4-3-5-10(12)8-15/h3-6,8,11,16H,7,9H2,1-2H3. The predicted molar refractivity (Wildman–Crippen MR) is 66.7 cm³/mol. The Hall–Kier alpha value is -1.72. The average Bonchev–Trinajstić information content (AvgIpc) is 2.43. The predicted octanol–water partition coefficient (Wildman–Crippen LogP) is 0.578. The minimum atomic E-state index is -0.428. The Labute approximate surface area is 106 Å². The average molecular weight is 251 g/mol. The molecular weight excluding hydrogens is 234 g/mol. The highest BCUT2D eigenvalue weighted by Gasteiger charge is 2.18. The normalized spacial score (nSPS) is 11.9. The van der Waals surface area contributed by atoms with Gasteiger partial charge in [0.2, 0.25) is 0 Å². The van der Waals surface area contributed by atoms with Crippen LogP contribution in [0.2, 0.25) is 0 Å². The number of carbonyl (C=O) groups excluding carboxylic acids is 2. The van der Waals surface area contributed by atoms with Gasteiger partial charge in [-0.1, -0.05) is 18.2 Å². The summed E-state index contributed by atoms with van der Waals surface area (Å²) in [6.07, 6.45) is 0.225. The molecule has 1 unspecified atom stereocenters. The molecule has 0 bridgehead atoms. The van der Waals surface area contributed by atoms with Crippen LogP contribution in [0.1, 0.15) is 20.7 Å². The van der Waals surface area contributed by atoms with Crippen LogP contribution in [0.15, 0.2) is 24.3 Å². The molecule has 0 saturated heterocycles. The van der Waals surface area contributed by atoms with E-state index in [4.69, 9.17) is 9.84 Å². The van der Waals surface area contributed by atoms with Gasteiger partial charge in [-0.3, -0.25) is 9.59 Å². The lowest BCUT2D eigenvalue weighted by atomic mass is 10.1. The van der Waals surface area contributed by atoms with E-state index >= 15 is 0 Å². The molecule has 0 aromatic heterocycles. The first-order valence-electron chi connectivity index (χ1n) is 5.57. The van der Waals surface area contributed by atoms with Crippen LogP contribution in [0.5, 0.6) is 0 Å². The van der Waals surface area contributed by atoms with Crippen molar-refractivity contribution < 1.29 is 19.4 Å². The molecule has 1 N–H and O–H groups in total. The molecule has 98 valence electrons. The van der Waals surface area contributed by atoms with Crippen LogP contribution in [0.3, 0.4) is 0 Å². The maximum absolute atomic E-state index is 12.1. The first-order chi connectivity index (χ1) is 8.63. The molecule has 1 atom stereocenters. The Morgan fingerprint density at radius 2 is 2.17 bits per heavy atom. The summed E-state index contributed by atoms with van der Waals surface area (Å²) < 4.78 is 5.00. The van der Waals surface area contributed by atoms with Crippen molar-refractivity contribution in [3.8, 4) is 0 Å². The summed E-state index contributed by atoms with van der Waals surface area (Å²) in [5, 5.41) is 9.01. The number of aldehydes is 1. The second-order valence-electron chi connectivity index (χ2n) is 3.93. The lowest BCUT2D eigenvalue weighted by molar-refractivity contribution is 0.0254. The van der Waals surface area contributed by atoms with E-state index in [2.05, 4.69) is 0 Å².